The Morgan fingerprint density at radius 1 is 1.58 bits per heavy atom. The van der Waals surface area contributed by atoms with Crippen molar-refractivity contribution in [3.63, 3.8) is 0 Å². The van der Waals surface area contributed by atoms with E-state index < -0.39 is 0 Å². The Balaban J connectivity index is 2.57. The summed E-state index contributed by atoms with van der Waals surface area (Å²) in [5.74, 6) is 0.695. The number of carbonyl (C=O) groups excluding carboxylic acids is 1. The van der Waals surface area contributed by atoms with Crippen LogP contribution < -0.4 is 0 Å². The second-order valence-corrected chi connectivity index (χ2v) is 3.93. The third-order valence-electron chi connectivity index (χ3n) is 1.24. The summed E-state index contributed by atoms with van der Waals surface area (Å²) in [6.45, 7) is 1.58. The molecule has 1 aromatic rings. The third-order valence-corrected chi connectivity index (χ3v) is 2.61. The molecule has 0 aliphatic rings. The van der Waals surface area contributed by atoms with Crippen LogP contribution >= 0.6 is 23.4 Å². The van der Waals surface area contributed by atoms with E-state index >= 15 is 0 Å². The predicted octanol–water partition coefficient (Wildman–Crippen LogP) is 3.02. The van der Waals surface area contributed by atoms with Gasteiger partial charge in [-0.25, -0.2) is 0 Å². The first-order chi connectivity index (χ1) is 5.68. The van der Waals surface area contributed by atoms with Crippen molar-refractivity contribution in [2.45, 2.75) is 11.8 Å². The molecular weight excluding hydrogens is 192 g/mol. The fraction of sp³-hybridized carbons (Fsp3) is 0.222. The molecule has 3 heteroatoms. The number of Topliss-reactive ketones (excluding diaryl/α,β-unsaturated/α-hetero) is 1. The minimum Gasteiger partial charge on any atom is -0.299 e. The van der Waals surface area contributed by atoms with Crippen LogP contribution in [0.5, 0.6) is 0 Å². The minimum absolute atomic E-state index is 0.181. The first-order valence-electron chi connectivity index (χ1n) is 3.56. The molecule has 0 saturated heterocycles. The number of rotatable bonds is 3. The van der Waals surface area contributed by atoms with Gasteiger partial charge in [0.05, 0.1) is 5.75 Å². The summed E-state index contributed by atoms with van der Waals surface area (Å²) in [6.07, 6.45) is 0. The fourth-order valence-electron chi connectivity index (χ4n) is 0.742. The Morgan fingerprint density at radius 3 is 2.92 bits per heavy atom. The lowest BCUT2D eigenvalue weighted by molar-refractivity contribution is -0.114. The average Bonchev–Trinajstić information content (AvgIpc) is 2.01. The van der Waals surface area contributed by atoms with Crippen molar-refractivity contribution in [2.75, 3.05) is 5.75 Å². The normalized spacial score (nSPS) is 9.83. The Bertz CT molecular complexity index is 286. The first kappa shape index (κ1) is 9.62. The van der Waals surface area contributed by atoms with Crippen molar-refractivity contribution < 1.29 is 4.79 Å². The second kappa shape index (κ2) is 4.53. The highest BCUT2D eigenvalue weighted by Gasteiger charge is 1.97. The average molecular weight is 201 g/mol. The number of carbonyl (C=O) groups is 1. The van der Waals surface area contributed by atoms with E-state index in [1.807, 2.05) is 24.3 Å². The van der Waals surface area contributed by atoms with Crippen molar-refractivity contribution in [1.29, 1.82) is 0 Å². The van der Waals surface area contributed by atoms with Gasteiger partial charge in [-0.3, -0.25) is 4.79 Å². The van der Waals surface area contributed by atoms with Crippen LogP contribution in [0.3, 0.4) is 0 Å². The summed E-state index contributed by atoms with van der Waals surface area (Å²) >= 11 is 7.27. The van der Waals surface area contributed by atoms with Gasteiger partial charge in [0.1, 0.15) is 5.78 Å². The van der Waals surface area contributed by atoms with Gasteiger partial charge >= 0.3 is 0 Å². The summed E-state index contributed by atoms with van der Waals surface area (Å²) in [7, 11) is 0. The van der Waals surface area contributed by atoms with E-state index in [-0.39, 0.29) is 5.78 Å². The highest BCUT2D eigenvalue weighted by atomic mass is 35.5. The molecule has 1 nitrogen and oxygen atoms in total. The van der Waals surface area contributed by atoms with Crippen molar-refractivity contribution in [2.24, 2.45) is 0 Å². The first-order valence-corrected chi connectivity index (χ1v) is 4.92. The molecule has 0 radical (unpaired) electrons. The lowest BCUT2D eigenvalue weighted by Crippen LogP contribution is -1.92. The van der Waals surface area contributed by atoms with Crippen molar-refractivity contribution in [3.05, 3.63) is 29.3 Å². The Morgan fingerprint density at radius 2 is 2.33 bits per heavy atom. The molecule has 64 valence electrons. The van der Waals surface area contributed by atoms with E-state index in [4.69, 9.17) is 11.6 Å². The molecule has 0 fully saturated rings. The molecule has 1 rings (SSSR count). The molecule has 0 unspecified atom stereocenters. The fourth-order valence-corrected chi connectivity index (χ4v) is 1.75. The number of benzene rings is 1. The molecule has 0 heterocycles. The number of halogens is 1. The predicted molar refractivity (Wildman–Crippen MR) is 52.9 cm³/mol. The van der Waals surface area contributed by atoms with Gasteiger partial charge in [0.25, 0.3) is 0 Å². The largest absolute Gasteiger partial charge is 0.299 e. The zero-order chi connectivity index (χ0) is 8.97. The topological polar surface area (TPSA) is 17.1 Å². The van der Waals surface area contributed by atoms with Crippen LogP contribution in [0.4, 0.5) is 0 Å². The molecule has 1 aromatic carbocycles. The van der Waals surface area contributed by atoms with Crippen LogP contribution in [0, 0.1) is 0 Å². The lowest BCUT2D eigenvalue weighted by atomic mass is 10.4. The molecule has 0 aliphatic carbocycles. The molecule has 0 atom stereocenters. The van der Waals surface area contributed by atoms with E-state index in [9.17, 15) is 4.79 Å². The number of ketones is 1. The summed E-state index contributed by atoms with van der Waals surface area (Å²) in [6, 6.07) is 7.50. The van der Waals surface area contributed by atoms with Crippen molar-refractivity contribution >= 4 is 29.1 Å². The maximum atomic E-state index is 10.6. The number of hydrogen-bond donors (Lipinski definition) is 0. The maximum Gasteiger partial charge on any atom is 0.140 e. The summed E-state index contributed by atoms with van der Waals surface area (Å²) in [4.78, 5) is 11.7. The van der Waals surface area contributed by atoms with Crippen LogP contribution in [0.2, 0.25) is 5.02 Å². The van der Waals surface area contributed by atoms with E-state index in [2.05, 4.69) is 0 Å². The lowest BCUT2D eigenvalue weighted by Gasteiger charge is -1.98. The van der Waals surface area contributed by atoms with Gasteiger partial charge < -0.3 is 0 Å². The van der Waals surface area contributed by atoms with Crippen LogP contribution in [-0.4, -0.2) is 11.5 Å². The highest BCUT2D eigenvalue weighted by molar-refractivity contribution is 8.00. The van der Waals surface area contributed by atoms with Crippen LogP contribution in [0.15, 0.2) is 29.2 Å². The quantitative estimate of drug-likeness (QED) is 0.698. The van der Waals surface area contributed by atoms with Gasteiger partial charge in [-0.15, -0.1) is 11.8 Å². The summed E-state index contributed by atoms with van der Waals surface area (Å²) < 4.78 is 0. The highest BCUT2D eigenvalue weighted by Crippen LogP contribution is 2.21. The molecule has 12 heavy (non-hydrogen) atoms. The van der Waals surface area contributed by atoms with Crippen molar-refractivity contribution in [3.8, 4) is 0 Å². The molecule has 0 saturated carbocycles. The zero-order valence-corrected chi connectivity index (χ0v) is 8.28. The standard InChI is InChI=1S/C9H9ClOS/c1-7(11)6-12-9-4-2-3-8(10)5-9/h2-5H,6H2,1H3. The Hall–Kier alpha value is -0.470. The van der Waals surface area contributed by atoms with Gasteiger partial charge in [0, 0.05) is 9.92 Å². The molecule has 0 spiro atoms. The van der Waals surface area contributed by atoms with Gasteiger partial charge in [0.2, 0.25) is 0 Å². The molecule has 0 amide bonds. The van der Waals surface area contributed by atoms with E-state index in [0.717, 1.165) is 4.90 Å². The Labute approximate surface area is 81.1 Å². The van der Waals surface area contributed by atoms with E-state index in [1.54, 1.807) is 6.92 Å². The van der Waals surface area contributed by atoms with Crippen LogP contribution in [0.25, 0.3) is 0 Å². The molecule has 0 aliphatic heterocycles. The third kappa shape index (κ3) is 3.28. The molecule has 0 aromatic heterocycles. The molecular formula is C9H9ClOS. The van der Waals surface area contributed by atoms with Crippen molar-refractivity contribution in [1.82, 2.24) is 0 Å². The molecule has 0 N–H and O–H groups in total. The monoisotopic (exact) mass is 200 g/mol. The van der Waals surface area contributed by atoms with Gasteiger partial charge in [-0.05, 0) is 25.1 Å². The van der Waals surface area contributed by atoms with E-state index in [1.165, 1.54) is 11.8 Å². The van der Waals surface area contributed by atoms with Crippen LogP contribution in [0.1, 0.15) is 6.92 Å². The van der Waals surface area contributed by atoms with Crippen LogP contribution in [-0.2, 0) is 4.79 Å². The van der Waals surface area contributed by atoms with Gasteiger partial charge in [-0.2, -0.15) is 0 Å². The summed E-state index contributed by atoms with van der Waals surface area (Å²) in [5.41, 5.74) is 0. The minimum atomic E-state index is 0.181. The van der Waals surface area contributed by atoms with E-state index in [0.29, 0.717) is 10.8 Å². The Kier molecular flexibility index (Phi) is 3.63. The molecule has 0 bridgehead atoms. The zero-order valence-electron chi connectivity index (χ0n) is 6.71. The van der Waals surface area contributed by atoms with Gasteiger partial charge in [-0.1, -0.05) is 17.7 Å². The number of hydrogen-bond acceptors (Lipinski definition) is 2. The second-order valence-electron chi connectivity index (χ2n) is 2.45. The SMILES string of the molecule is CC(=O)CSc1cccc(Cl)c1. The maximum absolute atomic E-state index is 10.6. The smallest absolute Gasteiger partial charge is 0.140 e. The van der Waals surface area contributed by atoms with Gasteiger partial charge in [0.15, 0.2) is 0 Å². The number of thioether (sulfide) groups is 1. The summed E-state index contributed by atoms with van der Waals surface area (Å²) in [5, 5.41) is 0.712.